The van der Waals surface area contributed by atoms with Gasteiger partial charge in [0.25, 0.3) is 0 Å². The van der Waals surface area contributed by atoms with Crippen LogP contribution in [0.4, 0.5) is 15.8 Å². The smallest absolute Gasteiger partial charge is 0.241 e. The third-order valence-electron chi connectivity index (χ3n) is 4.20. The number of β-amino-alcohol motifs (C(OH)–C–C–N with tert-alkyl or cyclic N) is 1. The number of benzene rings is 1. The Kier molecular flexibility index (Phi) is 5.09. The van der Waals surface area contributed by atoms with Crippen molar-refractivity contribution in [3.63, 3.8) is 0 Å². The molecule has 0 aromatic heterocycles. The summed E-state index contributed by atoms with van der Waals surface area (Å²) in [6.45, 7) is 1.74. The number of carbonyl (C=O) groups is 1. The van der Waals surface area contributed by atoms with Crippen molar-refractivity contribution in [2.24, 2.45) is 0 Å². The summed E-state index contributed by atoms with van der Waals surface area (Å²) in [7, 11) is 0. The van der Waals surface area contributed by atoms with E-state index in [0.29, 0.717) is 30.9 Å². The molecule has 3 atom stereocenters. The molecule has 7 heteroatoms. The van der Waals surface area contributed by atoms with Gasteiger partial charge in [0.05, 0.1) is 23.9 Å². The number of halogens is 1. The molecule has 126 valence electrons. The molecule has 3 rings (SSSR count). The molecule has 0 bridgehead atoms. The SMILES string of the molecule is O=C(Nc1ccc(NCC2CCCO2)c(F)c1)C1CC(O)CN1. The zero-order valence-corrected chi connectivity index (χ0v) is 12.8. The van der Waals surface area contributed by atoms with Crippen LogP contribution in [0.1, 0.15) is 19.3 Å². The summed E-state index contributed by atoms with van der Waals surface area (Å²) in [5.74, 6) is -0.679. The molecule has 2 saturated heterocycles. The van der Waals surface area contributed by atoms with E-state index in [2.05, 4.69) is 16.0 Å². The van der Waals surface area contributed by atoms with Crippen molar-refractivity contribution in [1.82, 2.24) is 5.32 Å². The van der Waals surface area contributed by atoms with Gasteiger partial charge in [0.1, 0.15) is 5.82 Å². The minimum Gasteiger partial charge on any atom is -0.392 e. The lowest BCUT2D eigenvalue weighted by Crippen LogP contribution is -2.35. The molecule has 1 aromatic carbocycles. The Morgan fingerprint density at radius 3 is 3.00 bits per heavy atom. The Morgan fingerprint density at radius 1 is 1.48 bits per heavy atom. The number of aliphatic hydroxyl groups is 1. The number of hydrogen-bond acceptors (Lipinski definition) is 5. The molecule has 2 fully saturated rings. The van der Waals surface area contributed by atoms with Crippen LogP contribution in [0.3, 0.4) is 0 Å². The molecule has 0 spiro atoms. The number of rotatable bonds is 5. The quantitative estimate of drug-likeness (QED) is 0.652. The minimum absolute atomic E-state index is 0.133. The molecular formula is C16H22FN3O3. The van der Waals surface area contributed by atoms with Crippen molar-refractivity contribution in [3.05, 3.63) is 24.0 Å². The molecule has 0 saturated carbocycles. The number of ether oxygens (including phenoxy) is 1. The number of amides is 1. The Labute approximate surface area is 134 Å². The number of carbonyl (C=O) groups excluding carboxylic acids is 1. The second kappa shape index (κ2) is 7.25. The second-order valence-corrected chi connectivity index (χ2v) is 6.05. The van der Waals surface area contributed by atoms with Crippen LogP contribution in [0.5, 0.6) is 0 Å². The van der Waals surface area contributed by atoms with Crippen molar-refractivity contribution >= 4 is 17.3 Å². The molecule has 2 aliphatic heterocycles. The predicted molar refractivity (Wildman–Crippen MR) is 84.9 cm³/mol. The Bertz CT molecular complexity index is 564. The van der Waals surface area contributed by atoms with Crippen LogP contribution in [-0.4, -0.2) is 49.0 Å². The largest absolute Gasteiger partial charge is 0.392 e. The van der Waals surface area contributed by atoms with Gasteiger partial charge in [-0.05, 0) is 37.5 Å². The van der Waals surface area contributed by atoms with Gasteiger partial charge in [0, 0.05) is 25.4 Å². The molecule has 23 heavy (non-hydrogen) atoms. The van der Waals surface area contributed by atoms with E-state index in [1.165, 1.54) is 6.07 Å². The van der Waals surface area contributed by atoms with Crippen LogP contribution >= 0.6 is 0 Å². The van der Waals surface area contributed by atoms with Gasteiger partial charge in [0.15, 0.2) is 0 Å². The van der Waals surface area contributed by atoms with Gasteiger partial charge in [-0.1, -0.05) is 0 Å². The van der Waals surface area contributed by atoms with Crippen LogP contribution in [0.15, 0.2) is 18.2 Å². The zero-order valence-electron chi connectivity index (χ0n) is 12.8. The molecular weight excluding hydrogens is 301 g/mol. The maximum Gasteiger partial charge on any atom is 0.241 e. The van der Waals surface area contributed by atoms with E-state index in [4.69, 9.17) is 4.74 Å². The van der Waals surface area contributed by atoms with E-state index in [-0.39, 0.29) is 12.0 Å². The summed E-state index contributed by atoms with van der Waals surface area (Å²) in [6, 6.07) is 4.12. The van der Waals surface area contributed by atoms with E-state index in [0.717, 1.165) is 19.4 Å². The maximum absolute atomic E-state index is 14.1. The highest BCUT2D eigenvalue weighted by molar-refractivity contribution is 5.95. The van der Waals surface area contributed by atoms with Crippen molar-refractivity contribution in [2.75, 3.05) is 30.3 Å². The fourth-order valence-corrected chi connectivity index (χ4v) is 2.91. The van der Waals surface area contributed by atoms with E-state index < -0.39 is 18.0 Å². The number of aliphatic hydroxyl groups excluding tert-OH is 1. The van der Waals surface area contributed by atoms with E-state index >= 15 is 0 Å². The number of nitrogens with one attached hydrogen (secondary N) is 3. The van der Waals surface area contributed by atoms with Gasteiger partial charge >= 0.3 is 0 Å². The van der Waals surface area contributed by atoms with Crippen molar-refractivity contribution in [1.29, 1.82) is 0 Å². The fourth-order valence-electron chi connectivity index (χ4n) is 2.91. The lowest BCUT2D eigenvalue weighted by Gasteiger charge is -2.14. The van der Waals surface area contributed by atoms with E-state index in [9.17, 15) is 14.3 Å². The van der Waals surface area contributed by atoms with Gasteiger partial charge in [-0.15, -0.1) is 0 Å². The zero-order chi connectivity index (χ0) is 16.2. The second-order valence-electron chi connectivity index (χ2n) is 6.05. The minimum atomic E-state index is -0.508. The van der Waals surface area contributed by atoms with E-state index in [1.54, 1.807) is 12.1 Å². The molecule has 1 aromatic rings. The molecule has 4 N–H and O–H groups in total. The highest BCUT2D eigenvalue weighted by Crippen LogP contribution is 2.21. The van der Waals surface area contributed by atoms with Gasteiger partial charge in [0.2, 0.25) is 5.91 Å². The molecule has 2 aliphatic rings. The third kappa shape index (κ3) is 4.19. The van der Waals surface area contributed by atoms with E-state index in [1.807, 2.05) is 0 Å². The summed E-state index contributed by atoms with van der Waals surface area (Å²) < 4.78 is 19.6. The third-order valence-corrected chi connectivity index (χ3v) is 4.20. The van der Waals surface area contributed by atoms with Crippen LogP contribution < -0.4 is 16.0 Å². The van der Waals surface area contributed by atoms with Gasteiger partial charge in [-0.25, -0.2) is 4.39 Å². The molecule has 3 unspecified atom stereocenters. The average Bonchev–Trinajstić information content (AvgIpc) is 3.18. The molecule has 0 aliphatic carbocycles. The summed E-state index contributed by atoms with van der Waals surface area (Å²) in [6.07, 6.45) is 2.03. The highest BCUT2D eigenvalue weighted by Gasteiger charge is 2.28. The first-order chi connectivity index (χ1) is 11.1. The number of anilines is 2. The fraction of sp³-hybridized carbons (Fsp3) is 0.562. The Balaban J connectivity index is 1.54. The molecule has 6 nitrogen and oxygen atoms in total. The van der Waals surface area contributed by atoms with Crippen molar-refractivity contribution in [3.8, 4) is 0 Å². The monoisotopic (exact) mass is 323 g/mol. The van der Waals surface area contributed by atoms with Crippen molar-refractivity contribution in [2.45, 2.75) is 37.5 Å². The van der Waals surface area contributed by atoms with Crippen LogP contribution in [0.25, 0.3) is 0 Å². The van der Waals surface area contributed by atoms with Crippen LogP contribution in [0, 0.1) is 5.82 Å². The van der Waals surface area contributed by atoms with Crippen LogP contribution in [-0.2, 0) is 9.53 Å². The maximum atomic E-state index is 14.1. The molecule has 1 amide bonds. The first kappa shape index (κ1) is 16.2. The summed E-state index contributed by atoms with van der Waals surface area (Å²) in [5, 5.41) is 18.0. The number of hydrogen-bond donors (Lipinski definition) is 4. The summed E-state index contributed by atoms with van der Waals surface area (Å²) in [5.41, 5.74) is 0.797. The lowest BCUT2D eigenvalue weighted by molar-refractivity contribution is -0.117. The molecule has 2 heterocycles. The summed E-state index contributed by atoms with van der Waals surface area (Å²) in [4.78, 5) is 12.0. The normalized spacial score (nSPS) is 27.1. The van der Waals surface area contributed by atoms with Crippen molar-refractivity contribution < 1.29 is 19.0 Å². The highest BCUT2D eigenvalue weighted by atomic mass is 19.1. The van der Waals surface area contributed by atoms with Gasteiger partial charge in [-0.3, -0.25) is 4.79 Å². The average molecular weight is 323 g/mol. The Hall–Kier alpha value is -1.70. The van der Waals surface area contributed by atoms with Crippen LogP contribution in [0.2, 0.25) is 0 Å². The first-order valence-corrected chi connectivity index (χ1v) is 7.99. The standard InChI is InChI=1S/C16H22FN3O3/c17-13-6-10(20-16(22)15-7-11(21)8-18-15)3-4-14(13)19-9-12-2-1-5-23-12/h3-4,6,11-12,15,18-19,21H,1-2,5,7-9H2,(H,20,22). The first-order valence-electron chi connectivity index (χ1n) is 7.99. The Morgan fingerprint density at radius 2 is 2.35 bits per heavy atom. The summed E-state index contributed by atoms with van der Waals surface area (Å²) >= 11 is 0. The topological polar surface area (TPSA) is 82.6 Å². The van der Waals surface area contributed by atoms with Gasteiger partial charge in [-0.2, -0.15) is 0 Å². The predicted octanol–water partition coefficient (Wildman–Crippen LogP) is 1.08. The molecule has 0 radical (unpaired) electrons. The van der Waals surface area contributed by atoms with Gasteiger partial charge < -0.3 is 25.8 Å². The lowest BCUT2D eigenvalue weighted by atomic mass is 10.2.